The van der Waals surface area contributed by atoms with Gasteiger partial charge in [0.1, 0.15) is 0 Å². The molecule has 0 radical (unpaired) electrons. The maximum absolute atomic E-state index is 13.1. The molecular weight excluding hydrogens is 324 g/mol. The van der Waals surface area contributed by atoms with E-state index in [1.807, 2.05) is 12.1 Å². The van der Waals surface area contributed by atoms with Gasteiger partial charge in [-0.3, -0.25) is 0 Å². The Morgan fingerprint density at radius 2 is 2.10 bits per heavy atom. The van der Waals surface area contributed by atoms with Gasteiger partial charge in [-0.15, -0.1) is 0 Å². The first kappa shape index (κ1) is 13.0. The van der Waals surface area contributed by atoms with Gasteiger partial charge in [0.2, 0.25) is 0 Å². The van der Waals surface area contributed by atoms with Crippen molar-refractivity contribution in [3.8, 4) is 0 Å². The molecule has 2 aromatic rings. The van der Waals surface area contributed by atoms with Crippen LogP contribution in [0.25, 0.3) is 0 Å². The summed E-state index contributed by atoms with van der Waals surface area (Å²) >= 11 is -0.144. The molecule has 0 saturated heterocycles. The van der Waals surface area contributed by atoms with E-state index in [4.69, 9.17) is 0 Å². The SMILES string of the molecule is Cc1cc(F)ccc1C(=O)Nc1cccc2c1N=[Se]=N2. The average molecular weight is 334 g/mol. The van der Waals surface area contributed by atoms with Crippen LogP contribution in [0.5, 0.6) is 0 Å². The van der Waals surface area contributed by atoms with Gasteiger partial charge in [-0.25, -0.2) is 0 Å². The van der Waals surface area contributed by atoms with Crippen LogP contribution >= 0.6 is 0 Å². The number of benzene rings is 2. The van der Waals surface area contributed by atoms with Gasteiger partial charge in [-0.2, -0.15) is 0 Å². The number of rotatable bonds is 2. The number of anilines is 1. The van der Waals surface area contributed by atoms with Gasteiger partial charge in [0, 0.05) is 0 Å². The summed E-state index contributed by atoms with van der Waals surface area (Å²) < 4.78 is 21.6. The number of fused-ring (bicyclic) bond motifs is 1. The zero-order valence-corrected chi connectivity index (χ0v) is 12.3. The molecule has 0 unspecified atom stereocenters. The topological polar surface area (TPSA) is 53.8 Å². The van der Waals surface area contributed by atoms with Crippen molar-refractivity contribution in [1.82, 2.24) is 0 Å². The van der Waals surface area contributed by atoms with Crippen molar-refractivity contribution in [1.29, 1.82) is 0 Å². The number of amides is 1. The molecule has 0 saturated carbocycles. The third kappa shape index (κ3) is 2.35. The number of carbonyl (C=O) groups is 1. The number of hydrogen-bond acceptors (Lipinski definition) is 3. The second-order valence-electron chi connectivity index (χ2n) is 4.35. The van der Waals surface area contributed by atoms with Crippen LogP contribution in [-0.2, 0) is 0 Å². The summed E-state index contributed by atoms with van der Waals surface area (Å²) in [6, 6.07) is 9.58. The Kier molecular flexibility index (Phi) is 3.34. The van der Waals surface area contributed by atoms with E-state index in [1.165, 1.54) is 18.2 Å². The zero-order chi connectivity index (χ0) is 14.1. The first-order valence-electron chi connectivity index (χ1n) is 5.94. The number of nitrogens with zero attached hydrogens (tertiary/aromatic N) is 2. The standard InChI is InChI=1S/C14H10FN3OSe/c1-8-7-9(15)5-6-10(8)14(19)16-11-3-2-4-12-13(11)18-20-17-12/h2-7H,1H3,(H,16,19). The summed E-state index contributed by atoms with van der Waals surface area (Å²) in [5, 5.41) is 2.81. The second-order valence-corrected chi connectivity index (χ2v) is 5.46. The van der Waals surface area contributed by atoms with Crippen LogP contribution in [0, 0.1) is 12.7 Å². The summed E-state index contributed by atoms with van der Waals surface area (Å²) in [6.07, 6.45) is 0. The first-order chi connectivity index (χ1) is 9.65. The summed E-state index contributed by atoms with van der Waals surface area (Å²) in [5.74, 6) is -0.623. The van der Waals surface area contributed by atoms with Crippen molar-refractivity contribution < 1.29 is 9.18 Å². The van der Waals surface area contributed by atoms with E-state index in [0.29, 0.717) is 16.8 Å². The molecule has 1 heterocycles. The van der Waals surface area contributed by atoms with E-state index >= 15 is 0 Å². The van der Waals surface area contributed by atoms with Crippen molar-refractivity contribution in [3.63, 3.8) is 0 Å². The fourth-order valence-corrected chi connectivity index (χ4v) is 3.13. The average Bonchev–Trinajstić information content (AvgIpc) is 2.87. The second kappa shape index (κ2) is 5.15. The van der Waals surface area contributed by atoms with Crippen molar-refractivity contribution in [2.75, 3.05) is 5.32 Å². The van der Waals surface area contributed by atoms with Crippen LogP contribution in [-0.4, -0.2) is 20.5 Å². The molecule has 20 heavy (non-hydrogen) atoms. The molecule has 1 aliphatic rings. The predicted octanol–water partition coefficient (Wildman–Crippen LogP) is 3.73. The first-order valence-corrected chi connectivity index (χ1v) is 7.47. The van der Waals surface area contributed by atoms with E-state index < -0.39 is 0 Å². The van der Waals surface area contributed by atoms with Gasteiger partial charge in [0.25, 0.3) is 0 Å². The Morgan fingerprint density at radius 3 is 2.90 bits per heavy atom. The van der Waals surface area contributed by atoms with Gasteiger partial charge >= 0.3 is 120 Å². The van der Waals surface area contributed by atoms with Crippen molar-refractivity contribution in [3.05, 3.63) is 53.3 Å². The van der Waals surface area contributed by atoms with Crippen LogP contribution in [0.1, 0.15) is 15.9 Å². The summed E-state index contributed by atoms with van der Waals surface area (Å²) in [4.78, 5) is 12.2. The van der Waals surface area contributed by atoms with Crippen LogP contribution in [0.15, 0.2) is 44.3 Å². The molecule has 2 aromatic carbocycles. The van der Waals surface area contributed by atoms with Gasteiger partial charge in [-0.1, -0.05) is 0 Å². The van der Waals surface area contributed by atoms with E-state index in [2.05, 4.69) is 13.2 Å². The normalized spacial score (nSPS) is 11.9. The molecule has 0 fully saturated rings. The fraction of sp³-hybridized carbons (Fsp3) is 0.0714. The monoisotopic (exact) mass is 335 g/mol. The van der Waals surface area contributed by atoms with Crippen LogP contribution < -0.4 is 5.32 Å². The van der Waals surface area contributed by atoms with Crippen molar-refractivity contribution in [2.24, 2.45) is 7.92 Å². The third-order valence-corrected chi connectivity index (χ3v) is 4.11. The van der Waals surface area contributed by atoms with Gasteiger partial charge in [0.05, 0.1) is 0 Å². The molecule has 3 rings (SSSR count). The summed E-state index contributed by atoms with van der Waals surface area (Å²) in [7, 11) is 0. The maximum atomic E-state index is 13.1. The molecule has 4 nitrogen and oxygen atoms in total. The number of nitrogens with one attached hydrogen (secondary N) is 1. The minimum atomic E-state index is -0.351. The molecule has 0 atom stereocenters. The third-order valence-electron chi connectivity index (χ3n) is 2.97. The van der Waals surface area contributed by atoms with Gasteiger partial charge in [-0.05, 0) is 0 Å². The molecule has 0 bridgehead atoms. The van der Waals surface area contributed by atoms with E-state index in [-0.39, 0.29) is 26.3 Å². The van der Waals surface area contributed by atoms with E-state index in [1.54, 1.807) is 13.0 Å². The molecule has 6 heteroatoms. The van der Waals surface area contributed by atoms with E-state index in [9.17, 15) is 9.18 Å². The molecule has 100 valence electrons. The molecule has 0 aliphatic carbocycles. The van der Waals surface area contributed by atoms with Crippen LogP contribution in [0.2, 0.25) is 0 Å². The minimum absolute atomic E-state index is 0.144. The Labute approximate surface area is 120 Å². The molecule has 0 spiro atoms. The Bertz CT molecular complexity index is 782. The quantitative estimate of drug-likeness (QED) is 0.713. The zero-order valence-electron chi connectivity index (χ0n) is 10.6. The number of carbonyl (C=O) groups excluding carboxylic acids is 1. The van der Waals surface area contributed by atoms with Crippen LogP contribution in [0.3, 0.4) is 0 Å². The number of hydrogen-bond donors (Lipinski definition) is 1. The number of halogens is 1. The molecule has 0 aromatic heterocycles. The summed E-state index contributed by atoms with van der Waals surface area (Å²) in [5.41, 5.74) is 3.21. The van der Waals surface area contributed by atoms with Crippen molar-refractivity contribution >= 4 is 37.5 Å². The summed E-state index contributed by atoms with van der Waals surface area (Å²) in [6.45, 7) is 1.70. The molecular formula is C14H10FN3OSe. The van der Waals surface area contributed by atoms with Gasteiger partial charge < -0.3 is 0 Å². The number of aryl methyl sites for hydroxylation is 1. The van der Waals surface area contributed by atoms with Crippen LogP contribution in [0.4, 0.5) is 21.5 Å². The fourth-order valence-electron chi connectivity index (χ4n) is 1.98. The molecule has 1 N–H and O–H groups in total. The predicted molar refractivity (Wildman–Crippen MR) is 75.5 cm³/mol. The van der Waals surface area contributed by atoms with E-state index in [0.717, 1.165) is 11.4 Å². The Morgan fingerprint density at radius 1 is 1.25 bits per heavy atom. The molecule has 1 aliphatic heterocycles. The Hall–Kier alpha value is -2.04. The Balaban J connectivity index is 1.91. The molecule has 1 amide bonds. The van der Waals surface area contributed by atoms with Gasteiger partial charge in [0.15, 0.2) is 0 Å². The van der Waals surface area contributed by atoms with Crippen molar-refractivity contribution in [2.45, 2.75) is 6.92 Å².